The van der Waals surface area contributed by atoms with Gasteiger partial charge in [-0.1, -0.05) is 66.2 Å². The van der Waals surface area contributed by atoms with Crippen LogP contribution >= 0.6 is 0 Å². The molecule has 2 amide bonds. The molecule has 0 aliphatic rings. The van der Waals surface area contributed by atoms with Crippen molar-refractivity contribution in [1.29, 1.82) is 0 Å². The Hall–Kier alpha value is -3.60. The van der Waals surface area contributed by atoms with Crippen LogP contribution in [-0.4, -0.2) is 34.9 Å². The second-order valence-corrected chi connectivity index (χ2v) is 10.6. The van der Waals surface area contributed by atoms with E-state index in [0.29, 0.717) is 18.7 Å². The van der Waals surface area contributed by atoms with E-state index in [1.54, 1.807) is 4.90 Å². The van der Waals surface area contributed by atoms with Crippen LogP contribution in [0.3, 0.4) is 0 Å². The van der Waals surface area contributed by atoms with Gasteiger partial charge in [-0.15, -0.1) is 0 Å². The van der Waals surface area contributed by atoms with Crippen LogP contribution in [0.25, 0.3) is 0 Å². The van der Waals surface area contributed by atoms with Crippen LogP contribution in [0.1, 0.15) is 48.6 Å². The Morgan fingerprint density at radius 2 is 1.47 bits per heavy atom. The molecule has 0 bridgehead atoms. The zero-order valence-corrected chi connectivity index (χ0v) is 22.3. The van der Waals surface area contributed by atoms with E-state index >= 15 is 0 Å². The van der Waals surface area contributed by atoms with Crippen molar-refractivity contribution >= 4 is 11.8 Å². The normalized spacial score (nSPS) is 12.1. The first kappa shape index (κ1) is 27.0. The fourth-order valence-electron chi connectivity index (χ4n) is 4.26. The molecule has 3 rings (SSSR count). The number of carbonyl (C=O) groups excluding carboxylic acids is 2. The van der Waals surface area contributed by atoms with Crippen molar-refractivity contribution in [2.45, 2.75) is 66.1 Å². The molecule has 3 aromatic carbocycles. The summed E-state index contributed by atoms with van der Waals surface area (Å²) in [6.07, 6.45) is 0.407. The highest BCUT2D eigenvalue weighted by Crippen LogP contribution is 2.19. The first-order valence-corrected chi connectivity index (χ1v) is 12.4. The molecule has 0 saturated carbocycles. The molecule has 1 unspecified atom stereocenters. The summed E-state index contributed by atoms with van der Waals surface area (Å²) >= 11 is 0. The van der Waals surface area contributed by atoms with Gasteiger partial charge < -0.3 is 15.0 Å². The number of amides is 2. The second-order valence-electron chi connectivity index (χ2n) is 10.6. The maximum atomic E-state index is 13.7. The highest BCUT2D eigenvalue weighted by atomic mass is 16.5. The molecule has 1 N–H and O–H groups in total. The molecule has 0 aliphatic heterocycles. The molecule has 1 atom stereocenters. The summed E-state index contributed by atoms with van der Waals surface area (Å²) < 4.78 is 5.93. The van der Waals surface area contributed by atoms with Gasteiger partial charge in [0, 0.05) is 18.5 Å². The SMILES string of the molecule is Cc1cccc(CN(C(=O)COc2cc(C)cc(C)c2)C(Cc2ccccc2)C(=O)NC(C)(C)C)c1. The molecule has 0 aromatic heterocycles. The minimum absolute atomic E-state index is 0.150. The molecular formula is C31H38N2O3. The van der Waals surface area contributed by atoms with Crippen LogP contribution in [0, 0.1) is 20.8 Å². The van der Waals surface area contributed by atoms with E-state index in [1.807, 2.05) is 108 Å². The minimum Gasteiger partial charge on any atom is -0.484 e. The molecule has 36 heavy (non-hydrogen) atoms. The van der Waals surface area contributed by atoms with Gasteiger partial charge in [0.25, 0.3) is 5.91 Å². The molecule has 0 saturated heterocycles. The number of benzene rings is 3. The number of rotatable bonds is 9. The van der Waals surface area contributed by atoms with Gasteiger partial charge in [0.1, 0.15) is 11.8 Å². The fraction of sp³-hybridized carbons (Fsp3) is 0.355. The zero-order valence-electron chi connectivity index (χ0n) is 22.3. The second kappa shape index (κ2) is 11.9. The Morgan fingerprint density at radius 3 is 2.08 bits per heavy atom. The lowest BCUT2D eigenvalue weighted by Gasteiger charge is -2.33. The molecule has 190 valence electrons. The van der Waals surface area contributed by atoms with E-state index in [-0.39, 0.29) is 18.4 Å². The van der Waals surface area contributed by atoms with E-state index in [4.69, 9.17) is 4.74 Å². The summed E-state index contributed by atoms with van der Waals surface area (Å²) in [5.74, 6) is 0.231. The van der Waals surface area contributed by atoms with E-state index in [1.165, 1.54) is 0 Å². The summed E-state index contributed by atoms with van der Waals surface area (Å²) in [7, 11) is 0. The third kappa shape index (κ3) is 8.26. The van der Waals surface area contributed by atoms with Gasteiger partial charge in [-0.25, -0.2) is 0 Å². The number of nitrogens with zero attached hydrogens (tertiary/aromatic N) is 1. The van der Waals surface area contributed by atoms with Crippen LogP contribution in [0.15, 0.2) is 72.8 Å². The van der Waals surface area contributed by atoms with Crippen molar-refractivity contribution in [2.75, 3.05) is 6.61 Å². The van der Waals surface area contributed by atoms with Gasteiger partial charge >= 0.3 is 0 Å². The summed E-state index contributed by atoms with van der Waals surface area (Å²) in [5, 5.41) is 3.09. The number of hydrogen-bond acceptors (Lipinski definition) is 3. The van der Waals surface area contributed by atoms with Crippen LogP contribution < -0.4 is 10.1 Å². The van der Waals surface area contributed by atoms with Crippen molar-refractivity contribution in [3.05, 3.63) is 101 Å². The van der Waals surface area contributed by atoms with E-state index in [2.05, 4.69) is 11.4 Å². The number of nitrogens with one attached hydrogen (secondary N) is 1. The maximum absolute atomic E-state index is 13.7. The van der Waals surface area contributed by atoms with Gasteiger partial charge in [0.05, 0.1) is 0 Å². The Morgan fingerprint density at radius 1 is 0.833 bits per heavy atom. The van der Waals surface area contributed by atoms with E-state index in [9.17, 15) is 9.59 Å². The first-order valence-electron chi connectivity index (χ1n) is 12.4. The van der Waals surface area contributed by atoms with Crippen LogP contribution in [0.4, 0.5) is 0 Å². The average Bonchev–Trinajstić information content (AvgIpc) is 2.79. The van der Waals surface area contributed by atoms with Crippen molar-refractivity contribution in [3.8, 4) is 5.75 Å². The highest BCUT2D eigenvalue weighted by molar-refractivity contribution is 5.89. The smallest absolute Gasteiger partial charge is 0.261 e. The molecule has 0 fully saturated rings. The number of ether oxygens (including phenoxy) is 1. The molecule has 5 heteroatoms. The van der Waals surface area contributed by atoms with Crippen LogP contribution in [-0.2, 0) is 22.6 Å². The Kier molecular flexibility index (Phi) is 8.92. The standard InChI is InChI=1S/C31H38N2O3/c1-22-11-10-14-26(16-22)20-33(29(34)21-36-27-17-23(2)15-24(3)18-27)28(30(35)32-31(4,5)6)19-25-12-8-7-9-13-25/h7-18,28H,19-21H2,1-6H3,(H,32,35). The minimum atomic E-state index is -0.692. The molecule has 0 heterocycles. The summed E-state index contributed by atoms with van der Waals surface area (Å²) in [6.45, 7) is 12.0. The third-order valence-corrected chi connectivity index (χ3v) is 5.76. The Labute approximate surface area is 215 Å². The molecule has 0 spiro atoms. The number of hydrogen-bond donors (Lipinski definition) is 1. The van der Waals surface area contributed by atoms with Crippen molar-refractivity contribution < 1.29 is 14.3 Å². The largest absolute Gasteiger partial charge is 0.484 e. The van der Waals surface area contributed by atoms with Gasteiger partial charge in [-0.05, 0) is 75.9 Å². The third-order valence-electron chi connectivity index (χ3n) is 5.76. The first-order chi connectivity index (χ1) is 17.0. The van der Waals surface area contributed by atoms with Crippen molar-refractivity contribution in [1.82, 2.24) is 10.2 Å². The lowest BCUT2D eigenvalue weighted by Crippen LogP contribution is -2.55. The summed E-state index contributed by atoms with van der Waals surface area (Å²) in [5.41, 5.74) is 4.77. The molecule has 0 radical (unpaired) electrons. The van der Waals surface area contributed by atoms with E-state index < -0.39 is 11.6 Å². The zero-order chi connectivity index (χ0) is 26.3. The summed E-state index contributed by atoms with van der Waals surface area (Å²) in [4.78, 5) is 28.9. The molecule has 0 aliphatic carbocycles. The molecule has 3 aromatic rings. The predicted molar refractivity (Wildman–Crippen MR) is 145 cm³/mol. The Bertz CT molecular complexity index is 1160. The highest BCUT2D eigenvalue weighted by Gasteiger charge is 2.32. The summed E-state index contributed by atoms with van der Waals surface area (Å²) in [6, 6.07) is 23.0. The number of carbonyl (C=O) groups is 2. The number of aryl methyl sites for hydroxylation is 3. The molecular weight excluding hydrogens is 448 g/mol. The average molecular weight is 487 g/mol. The quantitative estimate of drug-likeness (QED) is 0.432. The monoisotopic (exact) mass is 486 g/mol. The maximum Gasteiger partial charge on any atom is 0.261 e. The Balaban J connectivity index is 1.94. The van der Waals surface area contributed by atoms with Gasteiger partial charge in [-0.2, -0.15) is 0 Å². The van der Waals surface area contributed by atoms with Crippen molar-refractivity contribution in [2.24, 2.45) is 0 Å². The van der Waals surface area contributed by atoms with Crippen molar-refractivity contribution in [3.63, 3.8) is 0 Å². The van der Waals surface area contributed by atoms with Gasteiger partial charge in [0.2, 0.25) is 5.91 Å². The van der Waals surface area contributed by atoms with Crippen LogP contribution in [0.2, 0.25) is 0 Å². The lowest BCUT2D eigenvalue weighted by atomic mass is 10.0. The van der Waals surface area contributed by atoms with Gasteiger partial charge in [-0.3, -0.25) is 9.59 Å². The predicted octanol–water partition coefficient (Wildman–Crippen LogP) is 5.55. The van der Waals surface area contributed by atoms with Gasteiger partial charge in [0.15, 0.2) is 6.61 Å². The molecule has 5 nitrogen and oxygen atoms in total. The fourth-order valence-corrected chi connectivity index (χ4v) is 4.26. The lowest BCUT2D eigenvalue weighted by molar-refractivity contribution is -0.143. The van der Waals surface area contributed by atoms with E-state index in [0.717, 1.165) is 27.8 Å². The topological polar surface area (TPSA) is 58.6 Å². The van der Waals surface area contributed by atoms with Crippen LogP contribution in [0.5, 0.6) is 5.75 Å².